The Morgan fingerprint density at radius 1 is 1.33 bits per heavy atom. The fourth-order valence-corrected chi connectivity index (χ4v) is 0.962. The van der Waals surface area contributed by atoms with E-state index >= 15 is 0 Å². The van der Waals surface area contributed by atoms with E-state index in [0.29, 0.717) is 6.54 Å². The van der Waals surface area contributed by atoms with Crippen LogP contribution in [0.4, 0.5) is 0 Å². The zero-order valence-electron chi connectivity index (χ0n) is 7.30. The molecule has 4 nitrogen and oxygen atoms in total. The van der Waals surface area contributed by atoms with Crippen LogP contribution in [0.5, 0.6) is 0 Å². The van der Waals surface area contributed by atoms with Crippen molar-refractivity contribution in [3.63, 3.8) is 0 Å². The zero-order valence-corrected chi connectivity index (χ0v) is 7.30. The van der Waals surface area contributed by atoms with E-state index in [0.717, 1.165) is 19.3 Å². The summed E-state index contributed by atoms with van der Waals surface area (Å²) >= 11 is 0. The summed E-state index contributed by atoms with van der Waals surface area (Å²) < 4.78 is 0. The SMILES string of the molecule is CCC(CCCNC#N)NC#N. The van der Waals surface area contributed by atoms with Gasteiger partial charge in [0.15, 0.2) is 12.4 Å². The van der Waals surface area contributed by atoms with Gasteiger partial charge in [0.1, 0.15) is 0 Å². The van der Waals surface area contributed by atoms with Gasteiger partial charge in [-0.3, -0.25) is 0 Å². The number of nitrogens with one attached hydrogen (secondary N) is 2. The minimum absolute atomic E-state index is 0.260. The number of rotatable bonds is 6. The molecular weight excluding hydrogens is 152 g/mol. The van der Waals surface area contributed by atoms with Crippen molar-refractivity contribution < 1.29 is 0 Å². The molecule has 0 saturated carbocycles. The average Bonchev–Trinajstić information content (AvgIpc) is 2.10. The number of nitrogens with zero attached hydrogens (tertiary/aromatic N) is 2. The van der Waals surface area contributed by atoms with Gasteiger partial charge < -0.3 is 10.6 Å². The molecule has 4 heteroatoms. The highest BCUT2D eigenvalue weighted by atomic mass is 14.9. The highest BCUT2D eigenvalue weighted by molar-refractivity contribution is 4.75. The molecule has 0 aromatic carbocycles. The number of hydrogen-bond donors (Lipinski definition) is 2. The van der Waals surface area contributed by atoms with Crippen molar-refractivity contribution >= 4 is 0 Å². The second kappa shape index (κ2) is 7.68. The standard InChI is InChI=1S/C8H14N4/c1-2-8(12-7-10)4-3-5-11-6-9/h8,11-12H,2-5H2,1H3. The van der Waals surface area contributed by atoms with Gasteiger partial charge in [-0.05, 0) is 19.3 Å². The van der Waals surface area contributed by atoms with Crippen molar-refractivity contribution in [1.82, 2.24) is 10.6 Å². The largest absolute Gasteiger partial charge is 0.324 e. The van der Waals surface area contributed by atoms with Crippen molar-refractivity contribution in [1.29, 1.82) is 10.5 Å². The molecule has 1 unspecified atom stereocenters. The normalized spacial score (nSPS) is 10.9. The lowest BCUT2D eigenvalue weighted by Crippen LogP contribution is -2.24. The monoisotopic (exact) mass is 166 g/mol. The maximum atomic E-state index is 8.34. The summed E-state index contributed by atoms with van der Waals surface area (Å²) in [5, 5.41) is 21.8. The Balaban J connectivity index is 3.34. The van der Waals surface area contributed by atoms with Crippen LogP contribution in [0, 0.1) is 22.9 Å². The molecule has 0 aliphatic rings. The van der Waals surface area contributed by atoms with E-state index in [9.17, 15) is 0 Å². The molecular formula is C8H14N4. The summed E-state index contributed by atoms with van der Waals surface area (Å²) in [6, 6.07) is 0.260. The lowest BCUT2D eigenvalue weighted by atomic mass is 10.1. The maximum absolute atomic E-state index is 8.34. The van der Waals surface area contributed by atoms with Crippen LogP contribution < -0.4 is 10.6 Å². The fourth-order valence-electron chi connectivity index (χ4n) is 0.962. The Labute approximate surface area is 73.2 Å². The van der Waals surface area contributed by atoms with Gasteiger partial charge in [-0.1, -0.05) is 6.92 Å². The summed E-state index contributed by atoms with van der Waals surface area (Å²) in [6.45, 7) is 2.73. The lowest BCUT2D eigenvalue weighted by Gasteiger charge is -2.11. The first kappa shape index (κ1) is 10.6. The first-order valence-corrected chi connectivity index (χ1v) is 4.11. The fraction of sp³-hybridized carbons (Fsp3) is 0.750. The van der Waals surface area contributed by atoms with Crippen molar-refractivity contribution in [3.8, 4) is 12.4 Å². The molecule has 0 radical (unpaired) electrons. The van der Waals surface area contributed by atoms with Crippen molar-refractivity contribution in [2.75, 3.05) is 6.54 Å². The lowest BCUT2D eigenvalue weighted by molar-refractivity contribution is 0.510. The first-order valence-electron chi connectivity index (χ1n) is 4.11. The van der Waals surface area contributed by atoms with E-state index in [-0.39, 0.29) is 6.04 Å². The minimum atomic E-state index is 0.260. The van der Waals surface area contributed by atoms with E-state index in [2.05, 4.69) is 10.6 Å². The Morgan fingerprint density at radius 3 is 2.58 bits per heavy atom. The maximum Gasteiger partial charge on any atom is 0.176 e. The van der Waals surface area contributed by atoms with E-state index in [1.54, 1.807) is 0 Å². The van der Waals surface area contributed by atoms with Crippen LogP contribution >= 0.6 is 0 Å². The smallest absolute Gasteiger partial charge is 0.176 e. The molecule has 0 aliphatic carbocycles. The van der Waals surface area contributed by atoms with Crippen molar-refractivity contribution in [2.45, 2.75) is 32.2 Å². The molecule has 0 saturated heterocycles. The third-order valence-corrected chi connectivity index (χ3v) is 1.69. The third-order valence-electron chi connectivity index (χ3n) is 1.69. The Hall–Kier alpha value is -1.42. The van der Waals surface area contributed by atoms with Crippen LogP contribution in [0.15, 0.2) is 0 Å². The Morgan fingerprint density at radius 2 is 2.08 bits per heavy atom. The average molecular weight is 166 g/mol. The molecule has 0 spiro atoms. The molecule has 0 aromatic heterocycles. The van der Waals surface area contributed by atoms with Crippen LogP contribution in [0.2, 0.25) is 0 Å². The number of nitriles is 2. The second-order valence-electron chi connectivity index (χ2n) is 2.54. The van der Waals surface area contributed by atoms with Crippen molar-refractivity contribution in [2.24, 2.45) is 0 Å². The quantitative estimate of drug-likeness (QED) is 0.346. The van der Waals surface area contributed by atoms with Gasteiger partial charge in [0.25, 0.3) is 0 Å². The van der Waals surface area contributed by atoms with Crippen LogP contribution in [-0.2, 0) is 0 Å². The first-order chi connectivity index (χ1) is 5.85. The predicted octanol–water partition coefficient (Wildman–Crippen LogP) is 0.687. The van der Waals surface area contributed by atoms with Crippen LogP contribution in [0.3, 0.4) is 0 Å². The summed E-state index contributed by atoms with van der Waals surface area (Å²) in [7, 11) is 0. The van der Waals surface area contributed by atoms with Gasteiger partial charge in [0.2, 0.25) is 0 Å². The highest BCUT2D eigenvalue weighted by Gasteiger charge is 2.02. The van der Waals surface area contributed by atoms with E-state index in [4.69, 9.17) is 10.5 Å². The molecule has 0 fully saturated rings. The molecule has 1 atom stereocenters. The van der Waals surface area contributed by atoms with E-state index < -0.39 is 0 Å². The van der Waals surface area contributed by atoms with Gasteiger partial charge >= 0.3 is 0 Å². The van der Waals surface area contributed by atoms with Gasteiger partial charge in [0, 0.05) is 12.6 Å². The van der Waals surface area contributed by atoms with Gasteiger partial charge in [-0.15, -0.1) is 0 Å². The highest BCUT2D eigenvalue weighted by Crippen LogP contribution is 1.99. The van der Waals surface area contributed by atoms with Crippen molar-refractivity contribution in [3.05, 3.63) is 0 Å². The Kier molecular flexibility index (Phi) is 6.78. The molecule has 0 rings (SSSR count). The van der Waals surface area contributed by atoms with Gasteiger partial charge in [-0.25, -0.2) is 0 Å². The predicted molar refractivity (Wildman–Crippen MR) is 45.7 cm³/mol. The molecule has 0 amide bonds. The molecule has 2 N–H and O–H groups in total. The summed E-state index contributed by atoms with van der Waals surface area (Å²) in [5.74, 6) is 0. The Bertz CT molecular complexity index is 176. The molecule has 66 valence electrons. The topological polar surface area (TPSA) is 71.6 Å². The molecule has 12 heavy (non-hydrogen) atoms. The minimum Gasteiger partial charge on any atom is -0.324 e. The summed E-state index contributed by atoms with van der Waals surface area (Å²) in [4.78, 5) is 0. The van der Waals surface area contributed by atoms with Crippen LogP contribution in [0.25, 0.3) is 0 Å². The van der Waals surface area contributed by atoms with Crippen LogP contribution in [-0.4, -0.2) is 12.6 Å². The van der Waals surface area contributed by atoms with Gasteiger partial charge in [0.05, 0.1) is 0 Å². The van der Waals surface area contributed by atoms with Crippen LogP contribution in [0.1, 0.15) is 26.2 Å². The molecule has 0 aliphatic heterocycles. The zero-order chi connectivity index (χ0) is 9.23. The second-order valence-corrected chi connectivity index (χ2v) is 2.54. The van der Waals surface area contributed by atoms with Gasteiger partial charge in [-0.2, -0.15) is 10.5 Å². The molecule has 0 heterocycles. The molecule has 0 aromatic rings. The van der Waals surface area contributed by atoms with E-state index in [1.807, 2.05) is 19.3 Å². The molecule has 0 bridgehead atoms. The van der Waals surface area contributed by atoms with E-state index in [1.165, 1.54) is 0 Å². The summed E-state index contributed by atoms with van der Waals surface area (Å²) in [6.07, 6.45) is 6.57. The number of hydrogen-bond acceptors (Lipinski definition) is 4. The third kappa shape index (κ3) is 5.37. The summed E-state index contributed by atoms with van der Waals surface area (Å²) in [5.41, 5.74) is 0.